The molecule has 1 aliphatic carbocycles. The quantitative estimate of drug-likeness (QED) is 0.685. The highest BCUT2D eigenvalue weighted by Gasteiger charge is 2.31. The van der Waals surface area contributed by atoms with Crippen LogP contribution < -0.4 is 5.32 Å². The standard InChI is InChI=1S/C26H28N4O2/c31-25(28-23-10-3-7-19-6-1-2-9-22(19)23)20-12-16-29(17-13-20)26(32)24-11-5-15-30(24)21-8-4-14-27-18-21/h1-2,4-6,8-9,11,14-15,18,20,23H,3,7,10,12-13,16-17H2,(H,28,31)/t23-/m0/s1. The van der Waals surface area contributed by atoms with Gasteiger partial charge in [-0.3, -0.25) is 14.6 Å². The molecule has 0 bridgehead atoms. The van der Waals surface area contributed by atoms with E-state index >= 15 is 0 Å². The number of aromatic nitrogens is 2. The van der Waals surface area contributed by atoms with Crippen LogP contribution in [0.1, 0.15) is 53.3 Å². The van der Waals surface area contributed by atoms with Crippen molar-refractivity contribution in [2.24, 2.45) is 5.92 Å². The van der Waals surface area contributed by atoms with Gasteiger partial charge in [-0.05, 0) is 67.5 Å². The Balaban J connectivity index is 1.20. The van der Waals surface area contributed by atoms with Crippen molar-refractivity contribution in [3.8, 4) is 5.69 Å². The van der Waals surface area contributed by atoms with Crippen molar-refractivity contribution in [3.05, 3.63) is 83.9 Å². The van der Waals surface area contributed by atoms with E-state index in [0.717, 1.165) is 24.9 Å². The second-order valence-corrected chi connectivity index (χ2v) is 8.69. The van der Waals surface area contributed by atoms with Gasteiger partial charge in [0.05, 0.1) is 17.9 Å². The molecular weight excluding hydrogens is 400 g/mol. The first-order chi connectivity index (χ1) is 15.7. The molecule has 3 aromatic rings. The molecule has 2 aliphatic rings. The van der Waals surface area contributed by atoms with Crippen LogP contribution in [0.25, 0.3) is 5.69 Å². The Kier molecular flexibility index (Phi) is 5.75. The number of nitrogens with one attached hydrogen (secondary N) is 1. The number of fused-ring (bicyclic) bond motifs is 1. The van der Waals surface area contributed by atoms with Crippen LogP contribution in [-0.4, -0.2) is 39.4 Å². The molecule has 5 rings (SSSR count). The zero-order valence-electron chi connectivity index (χ0n) is 18.1. The normalized spacial score (nSPS) is 18.8. The van der Waals surface area contributed by atoms with Crippen LogP contribution in [0.4, 0.5) is 0 Å². The number of aryl methyl sites for hydroxylation is 1. The van der Waals surface area contributed by atoms with Crippen molar-refractivity contribution in [2.75, 3.05) is 13.1 Å². The Morgan fingerprint density at radius 2 is 1.81 bits per heavy atom. The number of hydrogen-bond acceptors (Lipinski definition) is 3. The molecular formula is C26H28N4O2. The predicted octanol–water partition coefficient (Wildman–Crippen LogP) is 3.92. The Bertz CT molecular complexity index is 1100. The van der Waals surface area contributed by atoms with Gasteiger partial charge in [0.15, 0.2) is 0 Å². The number of likely N-dealkylation sites (tertiary alicyclic amines) is 1. The maximum absolute atomic E-state index is 13.2. The van der Waals surface area contributed by atoms with E-state index in [4.69, 9.17) is 0 Å². The van der Waals surface area contributed by atoms with Crippen LogP contribution in [0.3, 0.4) is 0 Å². The molecule has 3 heterocycles. The van der Waals surface area contributed by atoms with Gasteiger partial charge in [0.25, 0.3) is 5.91 Å². The molecule has 1 aliphatic heterocycles. The molecule has 1 atom stereocenters. The Hall–Kier alpha value is -3.41. The van der Waals surface area contributed by atoms with E-state index in [1.807, 2.05) is 39.9 Å². The molecule has 6 nitrogen and oxygen atoms in total. The summed E-state index contributed by atoms with van der Waals surface area (Å²) in [6.07, 6.45) is 9.92. The molecule has 2 aromatic heterocycles. The maximum atomic E-state index is 13.2. The van der Waals surface area contributed by atoms with Gasteiger partial charge in [0, 0.05) is 31.4 Å². The lowest BCUT2D eigenvalue weighted by Crippen LogP contribution is -2.44. The highest BCUT2D eigenvalue weighted by atomic mass is 16.2. The van der Waals surface area contributed by atoms with Crippen molar-refractivity contribution in [3.63, 3.8) is 0 Å². The average molecular weight is 429 g/mol. The molecule has 6 heteroatoms. The summed E-state index contributed by atoms with van der Waals surface area (Å²) in [5, 5.41) is 3.29. The van der Waals surface area contributed by atoms with Gasteiger partial charge < -0.3 is 14.8 Å². The predicted molar refractivity (Wildman–Crippen MR) is 122 cm³/mol. The van der Waals surface area contributed by atoms with Gasteiger partial charge in [-0.1, -0.05) is 24.3 Å². The van der Waals surface area contributed by atoms with E-state index < -0.39 is 0 Å². The summed E-state index contributed by atoms with van der Waals surface area (Å²) in [5.41, 5.74) is 4.10. The lowest BCUT2D eigenvalue weighted by Gasteiger charge is -2.33. The average Bonchev–Trinajstić information content (AvgIpc) is 3.34. The number of rotatable bonds is 4. The van der Waals surface area contributed by atoms with E-state index in [1.54, 1.807) is 12.4 Å². The fourth-order valence-corrected chi connectivity index (χ4v) is 4.98. The van der Waals surface area contributed by atoms with Crippen molar-refractivity contribution in [2.45, 2.75) is 38.1 Å². The van der Waals surface area contributed by atoms with Crippen LogP contribution in [0, 0.1) is 5.92 Å². The van der Waals surface area contributed by atoms with Crippen LogP contribution in [0.15, 0.2) is 67.1 Å². The second kappa shape index (κ2) is 8.99. The first-order valence-corrected chi connectivity index (χ1v) is 11.5. The maximum Gasteiger partial charge on any atom is 0.270 e. The minimum absolute atomic E-state index is 0.00100. The number of amides is 2. The molecule has 0 unspecified atom stereocenters. The molecule has 164 valence electrons. The summed E-state index contributed by atoms with van der Waals surface area (Å²) in [6.45, 7) is 1.19. The fraction of sp³-hybridized carbons (Fsp3) is 0.346. The number of hydrogen-bond donors (Lipinski definition) is 1. The summed E-state index contributed by atoms with van der Waals surface area (Å²) in [4.78, 5) is 32.2. The third-order valence-corrected chi connectivity index (χ3v) is 6.73. The molecule has 0 spiro atoms. The first-order valence-electron chi connectivity index (χ1n) is 11.5. The molecule has 1 N–H and O–H groups in total. The topological polar surface area (TPSA) is 67.2 Å². The van der Waals surface area contributed by atoms with Crippen molar-refractivity contribution >= 4 is 11.8 Å². The lowest BCUT2D eigenvalue weighted by molar-refractivity contribution is -0.127. The first kappa shape index (κ1) is 20.5. The van der Waals surface area contributed by atoms with Gasteiger partial charge in [-0.15, -0.1) is 0 Å². The van der Waals surface area contributed by atoms with Gasteiger partial charge in [-0.2, -0.15) is 0 Å². The molecule has 32 heavy (non-hydrogen) atoms. The second-order valence-electron chi connectivity index (χ2n) is 8.69. The third-order valence-electron chi connectivity index (χ3n) is 6.73. The highest BCUT2D eigenvalue weighted by Crippen LogP contribution is 2.30. The minimum Gasteiger partial charge on any atom is -0.349 e. The van der Waals surface area contributed by atoms with Crippen LogP contribution in [0.2, 0.25) is 0 Å². The summed E-state index contributed by atoms with van der Waals surface area (Å²) in [7, 11) is 0. The fourth-order valence-electron chi connectivity index (χ4n) is 4.98. The summed E-state index contributed by atoms with van der Waals surface area (Å²) >= 11 is 0. The number of carbonyl (C=O) groups is 2. The third kappa shape index (κ3) is 4.05. The summed E-state index contributed by atoms with van der Waals surface area (Å²) in [6, 6.07) is 16.0. The molecule has 2 amide bonds. The van der Waals surface area contributed by atoms with Gasteiger partial charge in [0.1, 0.15) is 5.69 Å². The number of nitrogens with zero attached hydrogens (tertiary/aromatic N) is 3. The Morgan fingerprint density at radius 3 is 2.62 bits per heavy atom. The van der Waals surface area contributed by atoms with Crippen molar-refractivity contribution in [1.29, 1.82) is 0 Å². The molecule has 0 saturated carbocycles. The van der Waals surface area contributed by atoms with Crippen molar-refractivity contribution < 1.29 is 9.59 Å². The van der Waals surface area contributed by atoms with Gasteiger partial charge in [0.2, 0.25) is 5.91 Å². The smallest absolute Gasteiger partial charge is 0.270 e. The van der Waals surface area contributed by atoms with Crippen molar-refractivity contribution in [1.82, 2.24) is 19.8 Å². The molecule has 1 saturated heterocycles. The van der Waals surface area contributed by atoms with E-state index in [1.165, 1.54) is 11.1 Å². The Morgan fingerprint density at radius 1 is 0.969 bits per heavy atom. The zero-order chi connectivity index (χ0) is 21.9. The van der Waals surface area contributed by atoms with Crippen LogP contribution in [0.5, 0.6) is 0 Å². The Labute approximate surface area is 188 Å². The van der Waals surface area contributed by atoms with Crippen LogP contribution >= 0.6 is 0 Å². The summed E-state index contributed by atoms with van der Waals surface area (Å²) in [5.74, 6) is 0.0784. The number of carbonyl (C=O) groups excluding carboxylic acids is 2. The number of benzene rings is 1. The van der Waals surface area contributed by atoms with E-state index in [9.17, 15) is 9.59 Å². The van der Waals surface area contributed by atoms with E-state index in [0.29, 0.717) is 31.6 Å². The lowest BCUT2D eigenvalue weighted by atomic mass is 9.87. The van der Waals surface area contributed by atoms with Gasteiger partial charge >= 0.3 is 0 Å². The molecule has 0 radical (unpaired) electrons. The largest absolute Gasteiger partial charge is 0.349 e. The zero-order valence-corrected chi connectivity index (χ0v) is 18.1. The number of piperidine rings is 1. The molecule has 1 fully saturated rings. The molecule has 1 aromatic carbocycles. The monoisotopic (exact) mass is 428 g/mol. The summed E-state index contributed by atoms with van der Waals surface area (Å²) < 4.78 is 1.87. The van der Waals surface area contributed by atoms with E-state index in [2.05, 4.69) is 34.6 Å². The van der Waals surface area contributed by atoms with Gasteiger partial charge in [-0.25, -0.2) is 0 Å². The van der Waals surface area contributed by atoms with Crippen LogP contribution in [-0.2, 0) is 11.2 Å². The van der Waals surface area contributed by atoms with E-state index in [-0.39, 0.29) is 23.8 Å². The number of pyridine rings is 1. The highest BCUT2D eigenvalue weighted by molar-refractivity contribution is 5.93. The minimum atomic E-state index is -0.0433. The SMILES string of the molecule is O=C(N[C@H]1CCCc2ccccc21)C1CCN(C(=O)c2cccn2-c2cccnc2)CC1.